The maximum Gasteiger partial charge on any atom is 0.242 e. The second-order valence-corrected chi connectivity index (χ2v) is 5.13. The van der Waals surface area contributed by atoms with E-state index in [0.29, 0.717) is 6.04 Å². The van der Waals surface area contributed by atoms with Gasteiger partial charge >= 0.3 is 0 Å². The molecule has 2 atom stereocenters. The Bertz CT molecular complexity index is 256. The summed E-state index contributed by atoms with van der Waals surface area (Å²) < 4.78 is 0. The van der Waals surface area contributed by atoms with Crippen molar-refractivity contribution in [1.82, 2.24) is 14.7 Å². The lowest BCUT2D eigenvalue weighted by atomic mass is 10.2. The van der Waals surface area contributed by atoms with Gasteiger partial charge in [0.25, 0.3) is 0 Å². The van der Waals surface area contributed by atoms with Crippen molar-refractivity contribution < 1.29 is 9.90 Å². The van der Waals surface area contributed by atoms with Crippen molar-refractivity contribution >= 4 is 5.91 Å². The van der Waals surface area contributed by atoms with Crippen LogP contribution < -0.4 is 0 Å². The van der Waals surface area contributed by atoms with Gasteiger partial charge in [0.1, 0.15) is 6.04 Å². The minimum atomic E-state index is -0.380. The molecule has 17 heavy (non-hydrogen) atoms. The fourth-order valence-electron chi connectivity index (χ4n) is 2.10. The summed E-state index contributed by atoms with van der Waals surface area (Å²) >= 11 is 0. The standard InChI is InChI=1S/C12H25N3O2/c1-10-5-6-15(8-7-13(2)3)12(17)11(9-16)14(10)4/h10-11,16H,5-9H2,1-4H3. The van der Waals surface area contributed by atoms with Crippen LogP contribution in [0.15, 0.2) is 0 Å². The largest absolute Gasteiger partial charge is 0.394 e. The van der Waals surface area contributed by atoms with E-state index in [2.05, 4.69) is 11.8 Å². The van der Waals surface area contributed by atoms with Crippen LogP contribution in [0.1, 0.15) is 13.3 Å². The molecule has 100 valence electrons. The fraction of sp³-hybridized carbons (Fsp3) is 0.917. The van der Waals surface area contributed by atoms with Gasteiger partial charge in [-0.25, -0.2) is 0 Å². The number of carbonyl (C=O) groups excluding carboxylic acids is 1. The number of hydrogen-bond donors (Lipinski definition) is 1. The third-order valence-corrected chi connectivity index (χ3v) is 3.59. The highest BCUT2D eigenvalue weighted by Gasteiger charge is 2.33. The monoisotopic (exact) mass is 243 g/mol. The van der Waals surface area contributed by atoms with Gasteiger partial charge in [-0.3, -0.25) is 9.69 Å². The van der Waals surface area contributed by atoms with E-state index in [4.69, 9.17) is 0 Å². The van der Waals surface area contributed by atoms with Crippen molar-refractivity contribution in [2.45, 2.75) is 25.4 Å². The molecule has 1 aliphatic rings. The summed E-state index contributed by atoms with van der Waals surface area (Å²) in [6.07, 6.45) is 0.964. The molecule has 0 aromatic heterocycles. The third kappa shape index (κ3) is 3.66. The molecule has 0 aliphatic carbocycles. The summed E-state index contributed by atoms with van der Waals surface area (Å²) in [5, 5.41) is 9.37. The lowest BCUT2D eigenvalue weighted by Gasteiger charge is -2.29. The van der Waals surface area contributed by atoms with Gasteiger partial charge in [-0.05, 0) is 34.5 Å². The molecule has 0 radical (unpaired) electrons. The summed E-state index contributed by atoms with van der Waals surface area (Å²) in [6.45, 7) is 4.39. The van der Waals surface area contributed by atoms with Gasteiger partial charge < -0.3 is 14.9 Å². The molecule has 1 heterocycles. The second-order valence-electron chi connectivity index (χ2n) is 5.13. The smallest absolute Gasteiger partial charge is 0.242 e. The molecule has 0 aromatic carbocycles. The van der Waals surface area contributed by atoms with Crippen molar-refractivity contribution in [1.29, 1.82) is 0 Å². The molecule has 0 aromatic rings. The first kappa shape index (κ1) is 14.4. The molecule has 2 unspecified atom stereocenters. The molecule has 0 saturated carbocycles. The highest BCUT2D eigenvalue weighted by molar-refractivity contribution is 5.82. The molecule has 1 amide bonds. The number of rotatable bonds is 4. The van der Waals surface area contributed by atoms with E-state index < -0.39 is 0 Å². The van der Waals surface area contributed by atoms with Crippen LogP contribution in [0.3, 0.4) is 0 Å². The predicted octanol–water partition coefficient (Wildman–Crippen LogP) is -0.538. The summed E-state index contributed by atoms with van der Waals surface area (Å²) in [5.41, 5.74) is 0. The summed E-state index contributed by atoms with van der Waals surface area (Å²) in [5.74, 6) is 0.0567. The van der Waals surface area contributed by atoms with Crippen LogP contribution in [0.2, 0.25) is 0 Å². The average molecular weight is 243 g/mol. The Hall–Kier alpha value is -0.650. The minimum Gasteiger partial charge on any atom is -0.394 e. The first-order chi connectivity index (χ1) is 7.97. The van der Waals surface area contributed by atoms with Crippen molar-refractivity contribution in [2.24, 2.45) is 0 Å². The van der Waals surface area contributed by atoms with Crippen molar-refractivity contribution in [2.75, 3.05) is 47.4 Å². The van der Waals surface area contributed by atoms with E-state index in [1.807, 2.05) is 30.9 Å². The number of nitrogens with zero attached hydrogens (tertiary/aromatic N) is 3. The fourth-order valence-corrected chi connectivity index (χ4v) is 2.10. The van der Waals surface area contributed by atoms with Gasteiger partial charge in [-0.1, -0.05) is 0 Å². The molecule has 1 rings (SSSR count). The quantitative estimate of drug-likeness (QED) is 0.720. The van der Waals surface area contributed by atoms with Crippen LogP contribution >= 0.6 is 0 Å². The maximum absolute atomic E-state index is 12.3. The van der Waals surface area contributed by atoms with E-state index in [0.717, 1.165) is 26.1 Å². The zero-order chi connectivity index (χ0) is 13.0. The zero-order valence-electron chi connectivity index (χ0n) is 11.4. The van der Waals surface area contributed by atoms with Gasteiger partial charge in [0.15, 0.2) is 0 Å². The molecule has 0 spiro atoms. The maximum atomic E-state index is 12.3. The van der Waals surface area contributed by atoms with Gasteiger partial charge in [0.05, 0.1) is 6.61 Å². The van der Waals surface area contributed by atoms with Crippen molar-refractivity contribution in [3.05, 3.63) is 0 Å². The average Bonchev–Trinajstić information content (AvgIpc) is 2.37. The normalized spacial score (nSPS) is 27.6. The topological polar surface area (TPSA) is 47.0 Å². The minimum absolute atomic E-state index is 0.0567. The molecule has 1 fully saturated rings. The van der Waals surface area contributed by atoms with Crippen LogP contribution in [-0.4, -0.2) is 85.2 Å². The zero-order valence-corrected chi connectivity index (χ0v) is 11.4. The Balaban J connectivity index is 2.69. The highest BCUT2D eigenvalue weighted by atomic mass is 16.3. The number of hydrogen-bond acceptors (Lipinski definition) is 4. The number of aliphatic hydroxyl groups is 1. The SMILES string of the molecule is CC1CCN(CCN(C)C)C(=O)C(CO)N1C. The second kappa shape index (κ2) is 6.33. The Morgan fingerprint density at radius 2 is 2.12 bits per heavy atom. The van der Waals surface area contributed by atoms with Crippen LogP contribution in [0.25, 0.3) is 0 Å². The summed E-state index contributed by atoms with van der Waals surface area (Å²) in [6, 6.07) is -0.0462. The molecule has 0 bridgehead atoms. The molecule has 1 saturated heterocycles. The Labute approximate surface area is 104 Å². The van der Waals surface area contributed by atoms with E-state index in [-0.39, 0.29) is 18.6 Å². The molecular formula is C12H25N3O2. The lowest BCUT2D eigenvalue weighted by Crippen LogP contribution is -2.49. The van der Waals surface area contributed by atoms with E-state index in [1.54, 1.807) is 0 Å². The molecule has 1 aliphatic heterocycles. The summed E-state index contributed by atoms with van der Waals surface area (Å²) in [4.78, 5) is 18.2. The Morgan fingerprint density at radius 1 is 1.47 bits per heavy atom. The number of amides is 1. The van der Waals surface area contributed by atoms with E-state index in [9.17, 15) is 9.90 Å². The number of likely N-dealkylation sites (N-methyl/N-ethyl adjacent to an activating group) is 2. The van der Waals surface area contributed by atoms with E-state index in [1.165, 1.54) is 0 Å². The van der Waals surface area contributed by atoms with Crippen LogP contribution in [0.4, 0.5) is 0 Å². The van der Waals surface area contributed by atoms with E-state index >= 15 is 0 Å². The Kier molecular flexibility index (Phi) is 5.36. The van der Waals surface area contributed by atoms with Gasteiger partial charge in [0.2, 0.25) is 5.91 Å². The first-order valence-corrected chi connectivity index (χ1v) is 6.23. The Morgan fingerprint density at radius 3 is 2.65 bits per heavy atom. The number of carbonyl (C=O) groups is 1. The molecule has 5 nitrogen and oxygen atoms in total. The van der Waals surface area contributed by atoms with Crippen LogP contribution in [0.5, 0.6) is 0 Å². The van der Waals surface area contributed by atoms with Crippen molar-refractivity contribution in [3.8, 4) is 0 Å². The van der Waals surface area contributed by atoms with Crippen LogP contribution in [-0.2, 0) is 4.79 Å². The molecular weight excluding hydrogens is 218 g/mol. The molecule has 1 N–H and O–H groups in total. The molecule has 5 heteroatoms. The van der Waals surface area contributed by atoms with Gasteiger partial charge in [0, 0.05) is 25.7 Å². The first-order valence-electron chi connectivity index (χ1n) is 6.23. The van der Waals surface area contributed by atoms with Gasteiger partial charge in [-0.15, -0.1) is 0 Å². The lowest BCUT2D eigenvalue weighted by molar-refractivity contribution is -0.136. The van der Waals surface area contributed by atoms with Crippen molar-refractivity contribution in [3.63, 3.8) is 0 Å². The summed E-state index contributed by atoms with van der Waals surface area (Å²) in [7, 11) is 5.92. The third-order valence-electron chi connectivity index (χ3n) is 3.59. The number of aliphatic hydroxyl groups excluding tert-OH is 1. The van der Waals surface area contributed by atoms with Crippen LogP contribution in [0, 0.1) is 0 Å². The predicted molar refractivity (Wildman–Crippen MR) is 67.8 cm³/mol. The highest BCUT2D eigenvalue weighted by Crippen LogP contribution is 2.15. The van der Waals surface area contributed by atoms with Gasteiger partial charge in [-0.2, -0.15) is 0 Å².